The average Bonchev–Trinajstić information content (AvgIpc) is 3.85. The number of furan rings is 1. The van der Waals surface area contributed by atoms with Crippen molar-refractivity contribution in [3.8, 4) is 17.2 Å². The first-order chi connectivity index (χ1) is 22.8. The summed E-state index contributed by atoms with van der Waals surface area (Å²) >= 11 is 3.59. The number of nitrogens with zero attached hydrogens (tertiary/aromatic N) is 3. The van der Waals surface area contributed by atoms with Crippen LogP contribution in [0.2, 0.25) is 0 Å². The van der Waals surface area contributed by atoms with Gasteiger partial charge in [-0.2, -0.15) is 0 Å². The lowest BCUT2D eigenvalue weighted by atomic mass is 10.1. The summed E-state index contributed by atoms with van der Waals surface area (Å²) in [4.78, 5) is 10.8. The smallest absolute Gasteiger partial charge is 0.235 e. The number of hydrogen-bond acceptors (Lipinski definition) is 5. The molecule has 0 saturated heterocycles. The van der Waals surface area contributed by atoms with Crippen molar-refractivity contribution in [2.45, 2.75) is 0 Å². The minimum Gasteiger partial charge on any atom is -0.455 e. The van der Waals surface area contributed by atoms with Gasteiger partial charge in [0.1, 0.15) is 11.2 Å². The molecule has 11 rings (SSSR count). The van der Waals surface area contributed by atoms with E-state index >= 15 is 0 Å². The van der Waals surface area contributed by atoms with Gasteiger partial charge in [0.25, 0.3) is 0 Å². The van der Waals surface area contributed by atoms with Crippen molar-refractivity contribution >= 4 is 107 Å². The highest BCUT2D eigenvalue weighted by molar-refractivity contribution is 7.26. The minimum absolute atomic E-state index is 0.657. The van der Waals surface area contributed by atoms with E-state index in [1.165, 1.54) is 35.6 Å². The molecule has 0 radical (unpaired) electrons. The Hall–Kier alpha value is -5.56. The van der Waals surface area contributed by atoms with Gasteiger partial charge in [0.05, 0.1) is 26.9 Å². The van der Waals surface area contributed by atoms with Crippen LogP contribution in [0.25, 0.3) is 101 Å². The van der Waals surface area contributed by atoms with Gasteiger partial charge >= 0.3 is 0 Å². The Bertz CT molecular complexity index is 3050. The van der Waals surface area contributed by atoms with Crippen LogP contribution in [-0.4, -0.2) is 14.5 Å². The van der Waals surface area contributed by atoms with E-state index in [1.54, 1.807) is 11.3 Å². The minimum atomic E-state index is 0.657. The number of benzene rings is 6. The first-order valence-corrected chi connectivity index (χ1v) is 16.9. The van der Waals surface area contributed by atoms with Crippen molar-refractivity contribution in [2.24, 2.45) is 0 Å². The molecule has 5 aromatic heterocycles. The molecular formula is C40H21N3OS2. The van der Waals surface area contributed by atoms with Crippen LogP contribution in [0.15, 0.2) is 132 Å². The third-order valence-electron chi connectivity index (χ3n) is 9.24. The Morgan fingerprint density at radius 3 is 2.11 bits per heavy atom. The summed E-state index contributed by atoms with van der Waals surface area (Å²) in [7, 11) is 0. The SMILES string of the molecule is c1ccc2c(c1)oc1c(-c3nc(-n4c5ccccc5c5cc6sc7ccccc7c6cc54)nc4c3sc3ccccc34)cccc12. The summed E-state index contributed by atoms with van der Waals surface area (Å²) in [6.07, 6.45) is 0. The summed E-state index contributed by atoms with van der Waals surface area (Å²) in [5.41, 5.74) is 6.73. The highest BCUT2D eigenvalue weighted by atomic mass is 32.1. The van der Waals surface area contributed by atoms with Crippen LogP contribution in [0.4, 0.5) is 0 Å². The molecule has 0 aliphatic carbocycles. The normalized spacial score (nSPS) is 12.3. The van der Waals surface area contributed by atoms with Crippen LogP contribution in [0, 0.1) is 0 Å². The second-order valence-corrected chi connectivity index (χ2v) is 13.9. The van der Waals surface area contributed by atoms with Gasteiger partial charge in [0.15, 0.2) is 0 Å². The van der Waals surface area contributed by atoms with Crippen molar-refractivity contribution in [1.82, 2.24) is 14.5 Å². The molecule has 11 aromatic rings. The molecule has 0 bridgehead atoms. The lowest BCUT2D eigenvalue weighted by molar-refractivity contribution is 0.670. The van der Waals surface area contributed by atoms with E-state index in [1.807, 2.05) is 23.5 Å². The maximum Gasteiger partial charge on any atom is 0.235 e. The van der Waals surface area contributed by atoms with Gasteiger partial charge in [-0.1, -0.05) is 84.9 Å². The molecule has 0 amide bonds. The van der Waals surface area contributed by atoms with Gasteiger partial charge in [0, 0.05) is 57.4 Å². The molecule has 0 saturated carbocycles. The van der Waals surface area contributed by atoms with Crippen LogP contribution in [0.1, 0.15) is 0 Å². The van der Waals surface area contributed by atoms with Gasteiger partial charge in [-0.3, -0.25) is 4.57 Å². The maximum atomic E-state index is 6.55. The Balaban J connectivity index is 1.30. The zero-order valence-electron chi connectivity index (χ0n) is 24.2. The molecular weight excluding hydrogens is 603 g/mol. The number of thiophene rings is 2. The molecule has 0 spiro atoms. The molecule has 214 valence electrons. The monoisotopic (exact) mass is 623 g/mol. The Morgan fingerprint density at radius 2 is 1.22 bits per heavy atom. The van der Waals surface area contributed by atoms with Crippen LogP contribution >= 0.6 is 22.7 Å². The fraction of sp³-hybridized carbons (Fsp3) is 0. The molecule has 0 fully saturated rings. The van der Waals surface area contributed by atoms with Crippen LogP contribution in [0.3, 0.4) is 0 Å². The molecule has 4 nitrogen and oxygen atoms in total. The van der Waals surface area contributed by atoms with E-state index in [0.717, 1.165) is 59.8 Å². The lowest BCUT2D eigenvalue weighted by Gasteiger charge is -2.10. The largest absolute Gasteiger partial charge is 0.455 e. The van der Waals surface area contributed by atoms with E-state index < -0.39 is 0 Å². The van der Waals surface area contributed by atoms with Gasteiger partial charge < -0.3 is 4.42 Å². The molecule has 6 heteroatoms. The zero-order chi connectivity index (χ0) is 29.9. The lowest BCUT2D eigenvalue weighted by Crippen LogP contribution is -2.02. The fourth-order valence-corrected chi connectivity index (χ4v) is 9.47. The van der Waals surface area contributed by atoms with E-state index in [2.05, 4.69) is 120 Å². The standard InChI is InChI=1S/C40H21N3OS2/c1-5-16-30-22(10-1)28-21-35-29(24-12-3-7-18-33(24)45-35)20-31(28)43(30)40-41-36-26-13-4-8-19-34(26)46-39(36)37(42-40)27-15-9-14-25-23-11-2-6-17-32(23)44-38(25)27/h1-21H. The van der Waals surface area contributed by atoms with E-state index in [9.17, 15) is 0 Å². The van der Waals surface area contributed by atoms with E-state index in [4.69, 9.17) is 14.4 Å². The molecule has 0 aliphatic rings. The Morgan fingerprint density at radius 1 is 0.500 bits per heavy atom. The summed E-state index contributed by atoms with van der Waals surface area (Å²) in [6.45, 7) is 0. The Labute approximate surface area is 269 Å². The topological polar surface area (TPSA) is 43.9 Å². The molecule has 6 aromatic carbocycles. The Kier molecular flexibility index (Phi) is 4.84. The number of para-hydroxylation sites is 3. The highest BCUT2D eigenvalue weighted by Crippen LogP contribution is 2.44. The first-order valence-electron chi connectivity index (χ1n) is 15.2. The summed E-state index contributed by atoms with van der Waals surface area (Å²) < 4.78 is 13.6. The summed E-state index contributed by atoms with van der Waals surface area (Å²) in [5, 5.41) is 8.26. The number of rotatable bonds is 2. The molecule has 46 heavy (non-hydrogen) atoms. The fourth-order valence-electron chi connectivity index (χ4n) is 7.20. The van der Waals surface area contributed by atoms with Gasteiger partial charge in [-0.15, -0.1) is 22.7 Å². The maximum absolute atomic E-state index is 6.55. The van der Waals surface area contributed by atoms with Crippen LogP contribution in [0.5, 0.6) is 0 Å². The van der Waals surface area contributed by atoms with Crippen molar-refractivity contribution in [3.05, 3.63) is 127 Å². The van der Waals surface area contributed by atoms with Crippen molar-refractivity contribution in [2.75, 3.05) is 0 Å². The third-order valence-corrected chi connectivity index (χ3v) is 11.5. The second kappa shape index (κ2) is 9.01. The summed E-state index contributed by atoms with van der Waals surface area (Å²) in [5.74, 6) is 0.657. The molecule has 0 atom stereocenters. The predicted octanol–water partition coefficient (Wildman–Crippen LogP) is 11.9. The molecule has 0 unspecified atom stereocenters. The average molecular weight is 624 g/mol. The molecule has 0 aliphatic heterocycles. The van der Waals surface area contributed by atoms with Crippen molar-refractivity contribution in [1.29, 1.82) is 0 Å². The van der Waals surface area contributed by atoms with Gasteiger partial charge in [-0.05, 0) is 42.5 Å². The van der Waals surface area contributed by atoms with E-state index in [0.29, 0.717) is 5.95 Å². The van der Waals surface area contributed by atoms with E-state index in [-0.39, 0.29) is 0 Å². The number of aromatic nitrogens is 3. The van der Waals surface area contributed by atoms with Gasteiger partial charge in [-0.25, -0.2) is 9.97 Å². The summed E-state index contributed by atoms with van der Waals surface area (Å²) in [6, 6.07) is 45.1. The van der Waals surface area contributed by atoms with Crippen LogP contribution < -0.4 is 0 Å². The number of hydrogen-bond donors (Lipinski definition) is 0. The highest BCUT2D eigenvalue weighted by Gasteiger charge is 2.23. The van der Waals surface area contributed by atoms with Gasteiger partial charge in [0.2, 0.25) is 5.95 Å². The van der Waals surface area contributed by atoms with Crippen molar-refractivity contribution in [3.63, 3.8) is 0 Å². The van der Waals surface area contributed by atoms with Crippen LogP contribution in [-0.2, 0) is 0 Å². The second-order valence-electron chi connectivity index (χ2n) is 11.7. The van der Waals surface area contributed by atoms with Crippen molar-refractivity contribution < 1.29 is 4.42 Å². The molecule has 0 N–H and O–H groups in total. The zero-order valence-corrected chi connectivity index (χ0v) is 25.8. The predicted molar refractivity (Wildman–Crippen MR) is 195 cm³/mol. The molecule has 5 heterocycles. The first kappa shape index (κ1) is 24.7. The number of fused-ring (bicyclic) bond motifs is 12. The quantitative estimate of drug-likeness (QED) is 0.192. The third kappa shape index (κ3) is 3.27.